The van der Waals surface area contributed by atoms with Crippen molar-refractivity contribution in [3.63, 3.8) is 0 Å². The highest BCUT2D eigenvalue weighted by Gasteiger charge is 2.24. The fraction of sp³-hybridized carbons (Fsp3) is 0.615. The van der Waals surface area contributed by atoms with Crippen molar-refractivity contribution in [2.45, 2.75) is 59.0 Å². The molecular formula is C26H37N3O4. The molecule has 2 fully saturated rings. The Kier molecular flexibility index (Phi) is 7.91. The summed E-state index contributed by atoms with van der Waals surface area (Å²) >= 11 is 0. The molecule has 2 aliphatic rings. The first-order valence-corrected chi connectivity index (χ1v) is 12.3. The highest BCUT2D eigenvalue weighted by Crippen LogP contribution is 2.30. The SMILES string of the molecule is COc1cc(C(=O)N2CCCN(CC3CCCCC3)CC2)ccc1OCc1c(C)noc1C. The number of carbonyl (C=O) groups excluding carboxylic acids is 1. The van der Waals surface area contributed by atoms with Crippen LogP contribution in [0, 0.1) is 19.8 Å². The van der Waals surface area contributed by atoms with E-state index in [9.17, 15) is 4.79 Å². The molecule has 1 aromatic carbocycles. The largest absolute Gasteiger partial charge is 0.493 e. The molecule has 1 saturated heterocycles. The number of benzene rings is 1. The first-order valence-electron chi connectivity index (χ1n) is 12.3. The van der Waals surface area contributed by atoms with E-state index in [1.165, 1.54) is 38.6 Å². The van der Waals surface area contributed by atoms with Gasteiger partial charge in [-0.1, -0.05) is 24.4 Å². The Balaban J connectivity index is 1.36. The first kappa shape index (κ1) is 23.6. The lowest BCUT2D eigenvalue weighted by molar-refractivity contribution is 0.0759. The van der Waals surface area contributed by atoms with Crippen LogP contribution < -0.4 is 9.47 Å². The van der Waals surface area contributed by atoms with Crippen LogP contribution in [0.15, 0.2) is 22.7 Å². The minimum Gasteiger partial charge on any atom is -0.493 e. The maximum atomic E-state index is 13.3. The zero-order valence-electron chi connectivity index (χ0n) is 20.3. The van der Waals surface area contributed by atoms with Crippen molar-refractivity contribution in [1.82, 2.24) is 15.0 Å². The molecule has 7 nitrogen and oxygen atoms in total. The molecule has 0 atom stereocenters. The Labute approximate surface area is 197 Å². The molecule has 1 aliphatic carbocycles. The molecule has 0 radical (unpaired) electrons. The van der Waals surface area contributed by atoms with Crippen LogP contribution in [0.5, 0.6) is 11.5 Å². The number of aryl methyl sites for hydroxylation is 2. The van der Waals surface area contributed by atoms with Gasteiger partial charge in [0.25, 0.3) is 5.91 Å². The van der Waals surface area contributed by atoms with Gasteiger partial charge in [0.2, 0.25) is 0 Å². The number of hydrogen-bond donors (Lipinski definition) is 0. The van der Waals surface area contributed by atoms with E-state index >= 15 is 0 Å². The summed E-state index contributed by atoms with van der Waals surface area (Å²) in [4.78, 5) is 17.8. The van der Waals surface area contributed by atoms with E-state index in [0.29, 0.717) is 23.7 Å². The van der Waals surface area contributed by atoms with Crippen LogP contribution in [0.2, 0.25) is 0 Å². The summed E-state index contributed by atoms with van der Waals surface area (Å²) in [5.74, 6) is 2.80. The van der Waals surface area contributed by atoms with E-state index in [1.807, 2.05) is 30.9 Å². The van der Waals surface area contributed by atoms with Crippen LogP contribution >= 0.6 is 0 Å². The Morgan fingerprint density at radius 1 is 1.06 bits per heavy atom. The van der Waals surface area contributed by atoms with E-state index in [1.54, 1.807) is 13.2 Å². The van der Waals surface area contributed by atoms with Crippen LogP contribution in [0.3, 0.4) is 0 Å². The van der Waals surface area contributed by atoms with Crippen LogP contribution in [0.25, 0.3) is 0 Å². The number of hydrogen-bond acceptors (Lipinski definition) is 6. The molecule has 1 aromatic heterocycles. The van der Waals surface area contributed by atoms with Gasteiger partial charge in [-0.2, -0.15) is 0 Å². The summed E-state index contributed by atoms with van der Waals surface area (Å²) in [6.45, 7) is 8.91. The molecule has 1 amide bonds. The van der Waals surface area contributed by atoms with Gasteiger partial charge in [0.05, 0.1) is 18.4 Å². The van der Waals surface area contributed by atoms with Crippen LogP contribution in [0.1, 0.15) is 65.9 Å². The third kappa shape index (κ3) is 5.88. The Hall–Kier alpha value is -2.54. The lowest BCUT2D eigenvalue weighted by Crippen LogP contribution is -2.36. The predicted molar refractivity (Wildman–Crippen MR) is 127 cm³/mol. The monoisotopic (exact) mass is 455 g/mol. The predicted octanol–water partition coefficient (Wildman–Crippen LogP) is 4.61. The summed E-state index contributed by atoms with van der Waals surface area (Å²) in [6.07, 6.45) is 7.90. The second-order valence-corrected chi connectivity index (χ2v) is 9.41. The van der Waals surface area contributed by atoms with Crippen LogP contribution in [-0.4, -0.2) is 60.7 Å². The molecular weight excluding hydrogens is 418 g/mol. The molecule has 0 spiro atoms. The van der Waals surface area contributed by atoms with Gasteiger partial charge < -0.3 is 23.8 Å². The molecule has 2 aromatic rings. The number of aromatic nitrogens is 1. The van der Waals surface area contributed by atoms with Crippen molar-refractivity contribution in [2.75, 3.05) is 39.8 Å². The number of ether oxygens (including phenoxy) is 2. The molecule has 0 bridgehead atoms. The van der Waals surface area contributed by atoms with Crippen LogP contribution in [0.4, 0.5) is 0 Å². The second kappa shape index (κ2) is 11.1. The Bertz CT molecular complexity index is 916. The summed E-state index contributed by atoms with van der Waals surface area (Å²) in [7, 11) is 1.60. The van der Waals surface area contributed by atoms with Gasteiger partial charge in [-0.05, 0) is 63.8 Å². The minimum absolute atomic E-state index is 0.0603. The van der Waals surface area contributed by atoms with E-state index in [2.05, 4.69) is 10.1 Å². The van der Waals surface area contributed by atoms with Gasteiger partial charge in [-0.15, -0.1) is 0 Å². The molecule has 180 valence electrons. The maximum absolute atomic E-state index is 13.3. The topological polar surface area (TPSA) is 68.0 Å². The summed E-state index contributed by atoms with van der Waals surface area (Å²) in [5.41, 5.74) is 2.38. The molecule has 1 saturated carbocycles. The third-order valence-electron chi connectivity index (χ3n) is 7.08. The Morgan fingerprint density at radius 3 is 2.61 bits per heavy atom. The fourth-order valence-electron chi connectivity index (χ4n) is 5.05. The van der Waals surface area contributed by atoms with Crippen LogP contribution in [-0.2, 0) is 6.61 Å². The highest BCUT2D eigenvalue weighted by atomic mass is 16.5. The van der Waals surface area contributed by atoms with Gasteiger partial charge >= 0.3 is 0 Å². The summed E-state index contributed by atoms with van der Waals surface area (Å²) < 4.78 is 16.7. The molecule has 7 heteroatoms. The maximum Gasteiger partial charge on any atom is 0.254 e. The lowest BCUT2D eigenvalue weighted by Gasteiger charge is -2.28. The van der Waals surface area contributed by atoms with Gasteiger partial charge in [-0.25, -0.2) is 0 Å². The van der Waals surface area contributed by atoms with Crippen molar-refractivity contribution in [3.8, 4) is 11.5 Å². The smallest absolute Gasteiger partial charge is 0.254 e. The number of methoxy groups -OCH3 is 1. The molecule has 0 N–H and O–H groups in total. The highest BCUT2D eigenvalue weighted by molar-refractivity contribution is 5.95. The molecule has 33 heavy (non-hydrogen) atoms. The van der Waals surface area contributed by atoms with Crippen molar-refractivity contribution in [2.24, 2.45) is 5.92 Å². The van der Waals surface area contributed by atoms with Gasteiger partial charge in [0.1, 0.15) is 12.4 Å². The first-order chi connectivity index (χ1) is 16.0. The van der Waals surface area contributed by atoms with Gasteiger partial charge in [-0.3, -0.25) is 4.79 Å². The molecule has 1 aliphatic heterocycles. The number of nitrogens with zero attached hydrogens (tertiary/aromatic N) is 3. The van der Waals surface area contributed by atoms with Gasteiger partial charge in [0.15, 0.2) is 11.5 Å². The average Bonchev–Trinajstić information content (AvgIpc) is 3.01. The van der Waals surface area contributed by atoms with Crippen molar-refractivity contribution in [3.05, 3.63) is 40.8 Å². The second-order valence-electron chi connectivity index (χ2n) is 9.41. The number of rotatable bonds is 7. The number of amides is 1. The molecule has 0 unspecified atom stereocenters. The fourth-order valence-corrected chi connectivity index (χ4v) is 5.05. The summed E-state index contributed by atoms with van der Waals surface area (Å²) in [5, 5.41) is 3.97. The zero-order valence-corrected chi connectivity index (χ0v) is 20.3. The number of carbonyl (C=O) groups is 1. The minimum atomic E-state index is 0.0603. The Morgan fingerprint density at radius 2 is 1.88 bits per heavy atom. The van der Waals surface area contributed by atoms with Crippen molar-refractivity contribution < 1.29 is 18.8 Å². The quantitative estimate of drug-likeness (QED) is 0.607. The van der Waals surface area contributed by atoms with Gasteiger partial charge in [0, 0.05) is 31.7 Å². The van der Waals surface area contributed by atoms with Crippen molar-refractivity contribution >= 4 is 5.91 Å². The van der Waals surface area contributed by atoms with E-state index < -0.39 is 0 Å². The lowest BCUT2D eigenvalue weighted by atomic mass is 9.89. The molecule has 2 heterocycles. The summed E-state index contributed by atoms with van der Waals surface area (Å²) in [6, 6.07) is 5.44. The molecule has 4 rings (SSSR count). The van der Waals surface area contributed by atoms with E-state index in [4.69, 9.17) is 14.0 Å². The van der Waals surface area contributed by atoms with E-state index in [0.717, 1.165) is 55.5 Å². The zero-order chi connectivity index (χ0) is 23.2. The third-order valence-corrected chi connectivity index (χ3v) is 7.08. The standard InChI is InChI=1S/C26H37N3O4/c1-19-23(20(2)33-27-19)18-32-24-11-10-22(16-25(24)31-3)26(30)29-13-7-12-28(14-15-29)17-21-8-5-4-6-9-21/h10-11,16,21H,4-9,12-15,17-18H2,1-3H3. The van der Waals surface area contributed by atoms with E-state index in [-0.39, 0.29) is 5.91 Å². The average molecular weight is 456 g/mol. The normalized spacial score (nSPS) is 18.2. The van der Waals surface area contributed by atoms with Crippen molar-refractivity contribution in [1.29, 1.82) is 0 Å².